The predicted octanol–water partition coefficient (Wildman–Crippen LogP) is 5.63. The standard InChI is InChI=1S/C26H28O5/c1-19(14-16-28-18-21-7-5-4-6-8-21)9-12-24-20(2)29-26(30-24)15-13-22-10-11-23(27-3)17-25(22)31-26/h4-8,10-11,13-15,17,24H,2,9,12,16,18H2,1,3H3/b19-14+. The summed E-state index contributed by atoms with van der Waals surface area (Å²) >= 11 is 0. The Balaban J connectivity index is 1.28. The predicted molar refractivity (Wildman–Crippen MR) is 120 cm³/mol. The molecule has 2 heterocycles. The molecule has 4 rings (SSSR count). The zero-order valence-electron chi connectivity index (χ0n) is 18.0. The Kier molecular flexibility index (Phi) is 6.44. The van der Waals surface area contributed by atoms with Crippen LogP contribution in [0, 0.1) is 0 Å². The maximum atomic E-state index is 6.14. The van der Waals surface area contributed by atoms with Gasteiger partial charge in [0.25, 0.3) is 0 Å². The summed E-state index contributed by atoms with van der Waals surface area (Å²) in [4.78, 5) is 0. The monoisotopic (exact) mass is 420 g/mol. The van der Waals surface area contributed by atoms with Gasteiger partial charge in [-0.15, -0.1) is 0 Å². The molecule has 162 valence electrons. The highest BCUT2D eigenvalue weighted by atomic mass is 16.9. The van der Waals surface area contributed by atoms with E-state index in [-0.39, 0.29) is 6.10 Å². The van der Waals surface area contributed by atoms with E-state index in [4.69, 9.17) is 23.7 Å². The molecule has 31 heavy (non-hydrogen) atoms. The number of allylic oxidation sites excluding steroid dienone is 1. The lowest BCUT2D eigenvalue weighted by atomic mass is 10.1. The molecule has 0 radical (unpaired) electrons. The van der Waals surface area contributed by atoms with Crippen molar-refractivity contribution in [2.24, 2.45) is 0 Å². The van der Waals surface area contributed by atoms with Crippen molar-refractivity contribution in [3.05, 3.63) is 89.7 Å². The minimum Gasteiger partial charge on any atom is -0.497 e. The van der Waals surface area contributed by atoms with Crippen LogP contribution in [0.15, 0.2) is 78.6 Å². The molecule has 0 N–H and O–H groups in total. The van der Waals surface area contributed by atoms with Crippen LogP contribution in [0.4, 0.5) is 0 Å². The summed E-state index contributed by atoms with van der Waals surface area (Å²) in [6, 6.07) is 15.8. The van der Waals surface area contributed by atoms with Gasteiger partial charge in [0, 0.05) is 17.7 Å². The van der Waals surface area contributed by atoms with Crippen molar-refractivity contribution in [3.63, 3.8) is 0 Å². The van der Waals surface area contributed by atoms with Gasteiger partial charge in [-0.05, 0) is 43.5 Å². The largest absolute Gasteiger partial charge is 0.497 e. The Morgan fingerprint density at radius 1 is 1.16 bits per heavy atom. The van der Waals surface area contributed by atoms with Gasteiger partial charge in [-0.25, -0.2) is 0 Å². The van der Waals surface area contributed by atoms with Gasteiger partial charge in [0.1, 0.15) is 23.4 Å². The lowest BCUT2D eigenvalue weighted by Crippen LogP contribution is -2.37. The van der Waals surface area contributed by atoms with E-state index in [1.54, 1.807) is 13.2 Å². The van der Waals surface area contributed by atoms with Crippen LogP contribution < -0.4 is 9.47 Å². The van der Waals surface area contributed by atoms with Gasteiger partial charge in [-0.2, -0.15) is 0 Å². The molecule has 2 aromatic carbocycles. The maximum Gasteiger partial charge on any atom is 0.394 e. The second kappa shape index (κ2) is 9.41. The van der Waals surface area contributed by atoms with E-state index in [1.807, 2.05) is 42.5 Å². The van der Waals surface area contributed by atoms with E-state index in [0.29, 0.717) is 30.5 Å². The molecular weight excluding hydrogens is 392 g/mol. The van der Waals surface area contributed by atoms with Gasteiger partial charge in [-0.3, -0.25) is 4.74 Å². The van der Waals surface area contributed by atoms with E-state index < -0.39 is 5.97 Å². The van der Waals surface area contributed by atoms with Crippen LogP contribution in [-0.4, -0.2) is 25.8 Å². The van der Waals surface area contributed by atoms with Gasteiger partial charge >= 0.3 is 5.97 Å². The Bertz CT molecular complexity index is 979. The summed E-state index contributed by atoms with van der Waals surface area (Å²) in [5.41, 5.74) is 3.36. The number of hydrogen-bond donors (Lipinski definition) is 0. The van der Waals surface area contributed by atoms with Gasteiger partial charge in [-0.1, -0.05) is 48.6 Å². The van der Waals surface area contributed by atoms with Crippen molar-refractivity contribution in [2.75, 3.05) is 13.7 Å². The molecule has 2 unspecified atom stereocenters. The van der Waals surface area contributed by atoms with Crippen molar-refractivity contribution in [3.8, 4) is 11.5 Å². The topological polar surface area (TPSA) is 46.2 Å². The van der Waals surface area contributed by atoms with Crippen molar-refractivity contribution in [1.29, 1.82) is 0 Å². The first kappa shape index (κ1) is 21.2. The third-order valence-electron chi connectivity index (χ3n) is 5.34. The third-order valence-corrected chi connectivity index (χ3v) is 5.34. The molecule has 0 saturated carbocycles. The highest BCUT2D eigenvalue weighted by Gasteiger charge is 2.47. The summed E-state index contributed by atoms with van der Waals surface area (Å²) in [6.07, 6.45) is 7.19. The molecule has 2 aromatic rings. The minimum atomic E-state index is -1.27. The van der Waals surface area contributed by atoms with E-state index in [0.717, 1.165) is 18.4 Å². The summed E-state index contributed by atoms with van der Waals surface area (Å²) in [5, 5.41) is 0. The second-order valence-electron chi connectivity index (χ2n) is 7.71. The Morgan fingerprint density at radius 2 is 2.00 bits per heavy atom. The molecular formula is C26H28O5. The number of hydrogen-bond acceptors (Lipinski definition) is 5. The summed E-state index contributed by atoms with van der Waals surface area (Å²) in [7, 11) is 1.62. The SMILES string of the molecule is C=C1OC2(C=Cc3ccc(OC)cc3O2)OC1CC/C(C)=C/COCc1ccccc1. The van der Waals surface area contributed by atoms with Gasteiger partial charge in [0.2, 0.25) is 0 Å². The minimum absolute atomic E-state index is 0.245. The molecule has 5 heteroatoms. The molecule has 2 aliphatic rings. The highest BCUT2D eigenvalue weighted by molar-refractivity contribution is 5.62. The van der Waals surface area contributed by atoms with Crippen molar-refractivity contribution in [2.45, 2.75) is 38.4 Å². The van der Waals surface area contributed by atoms with Gasteiger partial charge < -0.3 is 18.9 Å². The van der Waals surface area contributed by atoms with E-state index in [1.165, 1.54) is 11.1 Å². The van der Waals surface area contributed by atoms with Crippen LogP contribution in [-0.2, 0) is 20.8 Å². The summed E-state index contributed by atoms with van der Waals surface area (Å²) in [6.45, 7) is 7.32. The average Bonchev–Trinajstić information content (AvgIpc) is 3.09. The molecule has 1 saturated heterocycles. The first-order valence-electron chi connectivity index (χ1n) is 10.5. The Labute approximate surface area is 183 Å². The second-order valence-corrected chi connectivity index (χ2v) is 7.71. The van der Waals surface area contributed by atoms with Gasteiger partial charge in [0.15, 0.2) is 0 Å². The molecule has 0 aliphatic carbocycles. The number of benzene rings is 2. The van der Waals surface area contributed by atoms with Crippen molar-refractivity contribution >= 4 is 6.08 Å². The van der Waals surface area contributed by atoms with Crippen LogP contribution in [0.2, 0.25) is 0 Å². The van der Waals surface area contributed by atoms with Crippen LogP contribution in [0.5, 0.6) is 11.5 Å². The van der Waals surface area contributed by atoms with E-state index in [2.05, 4.69) is 31.7 Å². The highest BCUT2D eigenvalue weighted by Crippen LogP contribution is 2.41. The van der Waals surface area contributed by atoms with Gasteiger partial charge in [0.05, 0.1) is 20.3 Å². The van der Waals surface area contributed by atoms with E-state index >= 15 is 0 Å². The Morgan fingerprint density at radius 3 is 2.81 bits per heavy atom. The summed E-state index contributed by atoms with van der Waals surface area (Å²) < 4.78 is 29.1. The number of ether oxygens (including phenoxy) is 5. The fourth-order valence-electron chi connectivity index (χ4n) is 3.53. The Hall–Kier alpha value is -3.02. The molecule has 1 fully saturated rings. The number of rotatable bonds is 8. The van der Waals surface area contributed by atoms with Crippen LogP contribution in [0.1, 0.15) is 30.9 Å². The molecule has 0 amide bonds. The number of methoxy groups -OCH3 is 1. The van der Waals surface area contributed by atoms with Crippen LogP contribution >= 0.6 is 0 Å². The van der Waals surface area contributed by atoms with Crippen molar-refractivity contribution < 1.29 is 23.7 Å². The van der Waals surface area contributed by atoms with Crippen molar-refractivity contribution in [1.82, 2.24) is 0 Å². The van der Waals surface area contributed by atoms with Crippen LogP contribution in [0.3, 0.4) is 0 Å². The lowest BCUT2D eigenvalue weighted by Gasteiger charge is -2.28. The van der Waals surface area contributed by atoms with Crippen LogP contribution in [0.25, 0.3) is 6.08 Å². The number of fused-ring (bicyclic) bond motifs is 1. The zero-order chi connectivity index (χ0) is 21.7. The quantitative estimate of drug-likeness (QED) is 0.409. The zero-order valence-corrected chi connectivity index (χ0v) is 18.0. The van der Waals surface area contributed by atoms with E-state index in [9.17, 15) is 0 Å². The average molecular weight is 421 g/mol. The fraction of sp³-hybridized carbons (Fsp3) is 0.308. The first-order valence-corrected chi connectivity index (χ1v) is 10.5. The normalized spacial score (nSPS) is 22.2. The molecule has 0 bridgehead atoms. The third kappa shape index (κ3) is 5.19. The molecule has 2 atom stereocenters. The molecule has 5 nitrogen and oxygen atoms in total. The lowest BCUT2D eigenvalue weighted by molar-refractivity contribution is -0.253. The first-order chi connectivity index (χ1) is 15.1. The molecule has 1 spiro atoms. The summed E-state index contributed by atoms with van der Waals surface area (Å²) in [5.74, 6) is 0.677. The molecule has 2 aliphatic heterocycles. The maximum absolute atomic E-state index is 6.14. The molecule has 0 aromatic heterocycles. The smallest absolute Gasteiger partial charge is 0.394 e. The fourth-order valence-corrected chi connectivity index (χ4v) is 3.53.